The molecule has 3 rings (SSSR count). The van der Waals surface area contributed by atoms with Crippen LogP contribution in [0, 0.1) is 0 Å². The third-order valence-corrected chi connectivity index (χ3v) is 4.03. The maximum absolute atomic E-state index is 11.2. The van der Waals surface area contributed by atoms with Crippen molar-refractivity contribution in [3.05, 3.63) is 35.9 Å². The molecule has 0 spiro atoms. The summed E-state index contributed by atoms with van der Waals surface area (Å²) in [5.74, 6) is -0.145. The van der Waals surface area contributed by atoms with Crippen LogP contribution in [0.2, 0.25) is 0 Å². The highest BCUT2D eigenvalue weighted by Crippen LogP contribution is 2.25. The van der Waals surface area contributed by atoms with Crippen molar-refractivity contribution in [2.45, 2.75) is 31.4 Å². The van der Waals surface area contributed by atoms with E-state index in [9.17, 15) is 9.90 Å². The standard InChI is InChI=1S/C16H18N2O3/c1-21-11-6-5-10(9-11)17-15-8-7-12-13(16(19)20)3-2-4-14(12)18-15/h2-4,7-8,10-11H,5-6,9H2,1H3,(H,17,18)(H,19,20). The monoisotopic (exact) mass is 286 g/mol. The molecule has 2 aromatic rings. The van der Waals surface area contributed by atoms with E-state index in [1.54, 1.807) is 19.2 Å². The molecule has 0 radical (unpaired) electrons. The first kappa shape index (κ1) is 13.8. The molecule has 0 saturated heterocycles. The van der Waals surface area contributed by atoms with E-state index in [1.165, 1.54) is 0 Å². The highest BCUT2D eigenvalue weighted by molar-refractivity contribution is 6.02. The fraction of sp³-hybridized carbons (Fsp3) is 0.375. The number of carbonyl (C=O) groups is 1. The second-order valence-corrected chi connectivity index (χ2v) is 5.39. The van der Waals surface area contributed by atoms with Crippen LogP contribution in [0.5, 0.6) is 0 Å². The summed E-state index contributed by atoms with van der Waals surface area (Å²) in [5, 5.41) is 13.3. The zero-order valence-corrected chi connectivity index (χ0v) is 11.9. The molecule has 1 saturated carbocycles. The Morgan fingerprint density at radius 1 is 1.33 bits per heavy atom. The van der Waals surface area contributed by atoms with Crippen LogP contribution in [0.1, 0.15) is 29.6 Å². The molecule has 21 heavy (non-hydrogen) atoms. The van der Waals surface area contributed by atoms with Crippen molar-refractivity contribution in [3.63, 3.8) is 0 Å². The molecule has 1 aliphatic rings. The number of aromatic nitrogens is 1. The Balaban J connectivity index is 1.83. The van der Waals surface area contributed by atoms with Gasteiger partial charge in [-0.2, -0.15) is 0 Å². The molecule has 0 amide bonds. The third-order valence-electron chi connectivity index (χ3n) is 4.03. The third kappa shape index (κ3) is 2.83. The van der Waals surface area contributed by atoms with Gasteiger partial charge in [-0.25, -0.2) is 9.78 Å². The Morgan fingerprint density at radius 3 is 2.90 bits per heavy atom. The molecule has 110 valence electrons. The molecular formula is C16H18N2O3. The number of methoxy groups -OCH3 is 1. The van der Waals surface area contributed by atoms with Crippen molar-refractivity contribution in [1.29, 1.82) is 0 Å². The smallest absolute Gasteiger partial charge is 0.336 e. The average molecular weight is 286 g/mol. The van der Waals surface area contributed by atoms with Gasteiger partial charge in [0.05, 0.1) is 17.2 Å². The molecule has 1 aromatic carbocycles. The number of carboxylic acids is 1. The van der Waals surface area contributed by atoms with Gasteiger partial charge in [0.2, 0.25) is 0 Å². The number of carboxylic acid groups (broad SMARTS) is 1. The Labute approximate surface area is 123 Å². The second-order valence-electron chi connectivity index (χ2n) is 5.39. The van der Waals surface area contributed by atoms with E-state index < -0.39 is 5.97 Å². The molecule has 5 heteroatoms. The molecular weight excluding hydrogens is 268 g/mol. The van der Waals surface area contributed by atoms with Crippen LogP contribution in [0.3, 0.4) is 0 Å². The fourth-order valence-electron chi connectivity index (χ4n) is 2.92. The van der Waals surface area contributed by atoms with Crippen LogP contribution < -0.4 is 5.32 Å². The zero-order valence-electron chi connectivity index (χ0n) is 11.9. The van der Waals surface area contributed by atoms with E-state index in [2.05, 4.69) is 10.3 Å². The predicted molar refractivity (Wildman–Crippen MR) is 80.8 cm³/mol. The quantitative estimate of drug-likeness (QED) is 0.904. The molecule has 2 N–H and O–H groups in total. The van der Waals surface area contributed by atoms with E-state index in [0.29, 0.717) is 23.0 Å². The maximum atomic E-state index is 11.2. The molecule has 2 atom stereocenters. The Morgan fingerprint density at radius 2 is 2.19 bits per heavy atom. The first-order valence-electron chi connectivity index (χ1n) is 7.10. The number of pyridine rings is 1. The summed E-state index contributed by atoms with van der Waals surface area (Å²) in [4.78, 5) is 15.7. The number of ether oxygens (including phenoxy) is 1. The minimum Gasteiger partial charge on any atom is -0.478 e. The Kier molecular flexibility index (Phi) is 3.75. The summed E-state index contributed by atoms with van der Waals surface area (Å²) in [6.07, 6.45) is 3.42. The van der Waals surface area contributed by atoms with E-state index >= 15 is 0 Å². The van der Waals surface area contributed by atoms with Crippen LogP contribution in [0.4, 0.5) is 5.82 Å². The number of nitrogens with zero attached hydrogens (tertiary/aromatic N) is 1. The number of aromatic carboxylic acids is 1. The lowest BCUT2D eigenvalue weighted by Crippen LogP contribution is -2.18. The fourth-order valence-corrected chi connectivity index (χ4v) is 2.92. The number of benzene rings is 1. The SMILES string of the molecule is COC1CCC(Nc2ccc3c(C(=O)O)cccc3n2)C1. The summed E-state index contributed by atoms with van der Waals surface area (Å²) in [6.45, 7) is 0. The van der Waals surface area contributed by atoms with Crippen molar-refractivity contribution >= 4 is 22.7 Å². The largest absolute Gasteiger partial charge is 0.478 e. The number of hydrogen-bond donors (Lipinski definition) is 2. The topological polar surface area (TPSA) is 71.5 Å². The van der Waals surface area contributed by atoms with Gasteiger partial charge in [0.1, 0.15) is 5.82 Å². The highest BCUT2D eigenvalue weighted by Gasteiger charge is 2.24. The van der Waals surface area contributed by atoms with Gasteiger partial charge in [0, 0.05) is 18.5 Å². The number of anilines is 1. The summed E-state index contributed by atoms with van der Waals surface area (Å²) in [7, 11) is 1.74. The van der Waals surface area contributed by atoms with Crippen LogP contribution in [0.25, 0.3) is 10.9 Å². The molecule has 2 unspecified atom stereocenters. The molecule has 5 nitrogen and oxygen atoms in total. The van der Waals surface area contributed by atoms with Crippen molar-refractivity contribution in [2.75, 3.05) is 12.4 Å². The zero-order chi connectivity index (χ0) is 14.8. The minimum absolute atomic E-state index is 0.284. The lowest BCUT2D eigenvalue weighted by atomic mass is 10.1. The first-order chi connectivity index (χ1) is 10.2. The van der Waals surface area contributed by atoms with E-state index in [1.807, 2.05) is 18.2 Å². The molecule has 1 fully saturated rings. The van der Waals surface area contributed by atoms with Crippen molar-refractivity contribution in [3.8, 4) is 0 Å². The minimum atomic E-state index is -0.929. The van der Waals surface area contributed by atoms with Gasteiger partial charge < -0.3 is 15.2 Å². The average Bonchev–Trinajstić information content (AvgIpc) is 2.94. The normalized spacial score (nSPS) is 21.6. The summed E-state index contributed by atoms with van der Waals surface area (Å²) >= 11 is 0. The van der Waals surface area contributed by atoms with Gasteiger partial charge in [-0.15, -0.1) is 0 Å². The van der Waals surface area contributed by atoms with E-state index in [0.717, 1.165) is 25.1 Å². The second kappa shape index (κ2) is 5.69. The molecule has 1 heterocycles. The highest BCUT2D eigenvalue weighted by atomic mass is 16.5. The lowest BCUT2D eigenvalue weighted by molar-refractivity contribution is 0.0699. The van der Waals surface area contributed by atoms with Gasteiger partial charge >= 0.3 is 5.97 Å². The van der Waals surface area contributed by atoms with Crippen LogP contribution in [0.15, 0.2) is 30.3 Å². The van der Waals surface area contributed by atoms with E-state index in [-0.39, 0.29) is 5.56 Å². The molecule has 1 aromatic heterocycles. The van der Waals surface area contributed by atoms with Gasteiger partial charge in [-0.1, -0.05) is 6.07 Å². The van der Waals surface area contributed by atoms with Gasteiger partial charge in [0.25, 0.3) is 0 Å². The van der Waals surface area contributed by atoms with Crippen LogP contribution in [-0.2, 0) is 4.74 Å². The van der Waals surface area contributed by atoms with Crippen LogP contribution >= 0.6 is 0 Å². The number of rotatable bonds is 4. The van der Waals surface area contributed by atoms with E-state index in [4.69, 9.17) is 4.74 Å². The Bertz CT molecular complexity index is 672. The van der Waals surface area contributed by atoms with Crippen molar-refractivity contribution in [1.82, 2.24) is 4.98 Å². The maximum Gasteiger partial charge on any atom is 0.336 e. The summed E-state index contributed by atoms with van der Waals surface area (Å²) in [6, 6.07) is 9.17. The Hall–Kier alpha value is -2.14. The van der Waals surface area contributed by atoms with Gasteiger partial charge in [-0.05, 0) is 43.5 Å². The van der Waals surface area contributed by atoms with Crippen molar-refractivity contribution in [2.24, 2.45) is 0 Å². The molecule has 0 bridgehead atoms. The number of fused-ring (bicyclic) bond motifs is 1. The summed E-state index contributed by atoms with van der Waals surface area (Å²) in [5.41, 5.74) is 0.980. The van der Waals surface area contributed by atoms with Gasteiger partial charge in [-0.3, -0.25) is 0 Å². The lowest BCUT2D eigenvalue weighted by Gasteiger charge is -2.14. The number of hydrogen-bond acceptors (Lipinski definition) is 4. The predicted octanol–water partition coefficient (Wildman–Crippen LogP) is 2.91. The van der Waals surface area contributed by atoms with Crippen molar-refractivity contribution < 1.29 is 14.6 Å². The van der Waals surface area contributed by atoms with Gasteiger partial charge in [0.15, 0.2) is 0 Å². The number of nitrogens with one attached hydrogen (secondary N) is 1. The molecule has 0 aliphatic heterocycles. The first-order valence-corrected chi connectivity index (χ1v) is 7.10. The summed E-state index contributed by atoms with van der Waals surface area (Å²) < 4.78 is 5.37. The van der Waals surface area contributed by atoms with Crippen LogP contribution in [-0.4, -0.2) is 35.3 Å². The molecule has 1 aliphatic carbocycles.